The molecule has 1 nitrogen and oxygen atoms in total. The van der Waals surface area contributed by atoms with Gasteiger partial charge in [-0.15, -0.1) is 0 Å². The molecule has 0 aromatic heterocycles. The molecule has 0 aromatic rings. The minimum absolute atomic E-state index is 0.294. The quantitative estimate of drug-likeness (QED) is 0.679. The number of halogens is 1. The van der Waals surface area contributed by atoms with Crippen LogP contribution in [0.1, 0.15) is 39.5 Å². The molecule has 0 radical (unpaired) electrons. The maximum atomic E-state index is 5.83. The number of hydrogen-bond donors (Lipinski definition) is 0. The fraction of sp³-hybridized carbons (Fsp3) is 1.00. The van der Waals surface area contributed by atoms with E-state index in [1.165, 1.54) is 25.7 Å². The Bertz CT molecular complexity index is 128. The lowest BCUT2D eigenvalue weighted by Gasteiger charge is -2.23. The van der Waals surface area contributed by atoms with Crippen LogP contribution in [0.3, 0.4) is 0 Å². The summed E-state index contributed by atoms with van der Waals surface area (Å²) in [6.45, 7) is 5.36. The van der Waals surface area contributed by atoms with Crippen molar-refractivity contribution in [3.8, 4) is 0 Å². The van der Waals surface area contributed by atoms with E-state index in [-0.39, 0.29) is 0 Å². The molecule has 2 heteroatoms. The average molecular weight is 235 g/mol. The average Bonchev–Trinajstić information content (AvgIpc) is 2.53. The third-order valence-electron chi connectivity index (χ3n) is 2.37. The standard InChI is InChI=1S/C10H19BrO/c1-10(2,7-11)8-12-9-5-3-4-6-9/h9H,3-8H2,1-2H3. The van der Waals surface area contributed by atoms with E-state index in [2.05, 4.69) is 29.8 Å². The van der Waals surface area contributed by atoms with Gasteiger partial charge in [0.25, 0.3) is 0 Å². The first-order chi connectivity index (χ1) is 5.64. The molecule has 0 unspecified atom stereocenters. The van der Waals surface area contributed by atoms with Crippen molar-refractivity contribution >= 4 is 15.9 Å². The van der Waals surface area contributed by atoms with Gasteiger partial charge in [-0.3, -0.25) is 0 Å². The molecule has 0 saturated heterocycles. The van der Waals surface area contributed by atoms with Crippen LogP contribution in [0.2, 0.25) is 0 Å². The number of rotatable bonds is 4. The molecule has 0 aliphatic heterocycles. The van der Waals surface area contributed by atoms with Gasteiger partial charge in [0, 0.05) is 5.33 Å². The van der Waals surface area contributed by atoms with Crippen LogP contribution >= 0.6 is 15.9 Å². The normalized spacial score (nSPS) is 20.2. The zero-order valence-electron chi connectivity index (χ0n) is 8.11. The second kappa shape index (κ2) is 4.61. The monoisotopic (exact) mass is 234 g/mol. The van der Waals surface area contributed by atoms with Crippen molar-refractivity contribution < 1.29 is 4.74 Å². The van der Waals surface area contributed by atoms with E-state index in [9.17, 15) is 0 Å². The first-order valence-corrected chi connectivity index (χ1v) is 5.94. The molecule has 0 heterocycles. The van der Waals surface area contributed by atoms with Gasteiger partial charge in [-0.1, -0.05) is 42.6 Å². The highest BCUT2D eigenvalue weighted by Crippen LogP contribution is 2.25. The minimum Gasteiger partial charge on any atom is -0.378 e. The second-order valence-electron chi connectivity index (χ2n) is 4.52. The van der Waals surface area contributed by atoms with Crippen LogP contribution in [0.5, 0.6) is 0 Å². The van der Waals surface area contributed by atoms with Gasteiger partial charge in [0.05, 0.1) is 12.7 Å². The number of alkyl halides is 1. The molecule has 0 atom stereocenters. The van der Waals surface area contributed by atoms with Crippen LogP contribution in [0.15, 0.2) is 0 Å². The summed E-state index contributed by atoms with van der Waals surface area (Å²) >= 11 is 3.50. The molecule has 0 bridgehead atoms. The largest absolute Gasteiger partial charge is 0.378 e. The van der Waals surface area contributed by atoms with E-state index in [1.807, 2.05) is 0 Å². The predicted octanol–water partition coefficient (Wildman–Crippen LogP) is 3.37. The number of hydrogen-bond acceptors (Lipinski definition) is 1. The van der Waals surface area contributed by atoms with Crippen molar-refractivity contribution in [2.45, 2.75) is 45.6 Å². The minimum atomic E-state index is 0.294. The van der Waals surface area contributed by atoms with Gasteiger partial charge in [-0.05, 0) is 18.3 Å². The molecule has 12 heavy (non-hydrogen) atoms. The predicted molar refractivity (Wildman–Crippen MR) is 55.8 cm³/mol. The maximum Gasteiger partial charge on any atom is 0.0575 e. The lowest BCUT2D eigenvalue weighted by Crippen LogP contribution is -2.24. The first kappa shape index (κ1) is 10.5. The van der Waals surface area contributed by atoms with Crippen molar-refractivity contribution in [2.24, 2.45) is 5.41 Å². The Labute approximate surface area is 84.0 Å². The van der Waals surface area contributed by atoms with Crippen molar-refractivity contribution in [1.82, 2.24) is 0 Å². The Morgan fingerprint density at radius 1 is 1.33 bits per heavy atom. The number of ether oxygens (including phenoxy) is 1. The summed E-state index contributed by atoms with van der Waals surface area (Å²) in [6, 6.07) is 0. The Balaban J connectivity index is 2.15. The highest BCUT2D eigenvalue weighted by Gasteiger charge is 2.21. The Morgan fingerprint density at radius 2 is 1.92 bits per heavy atom. The summed E-state index contributed by atoms with van der Waals surface area (Å²) in [5, 5.41) is 1.02. The molecule has 0 spiro atoms. The summed E-state index contributed by atoms with van der Waals surface area (Å²) in [6.07, 6.45) is 5.83. The first-order valence-electron chi connectivity index (χ1n) is 4.82. The van der Waals surface area contributed by atoms with Crippen LogP contribution < -0.4 is 0 Å². The molecular formula is C10H19BrO. The molecule has 1 saturated carbocycles. The molecule has 72 valence electrons. The van der Waals surface area contributed by atoms with Gasteiger partial charge >= 0.3 is 0 Å². The van der Waals surface area contributed by atoms with Gasteiger partial charge in [0.15, 0.2) is 0 Å². The Kier molecular flexibility index (Phi) is 4.04. The molecule has 1 aliphatic carbocycles. The van der Waals surface area contributed by atoms with Crippen molar-refractivity contribution in [1.29, 1.82) is 0 Å². The van der Waals surface area contributed by atoms with E-state index < -0.39 is 0 Å². The van der Waals surface area contributed by atoms with Crippen molar-refractivity contribution in [2.75, 3.05) is 11.9 Å². The SMILES string of the molecule is CC(C)(CBr)COC1CCCC1. The third-order valence-corrected chi connectivity index (χ3v) is 3.89. The fourth-order valence-electron chi connectivity index (χ4n) is 1.44. The summed E-state index contributed by atoms with van der Waals surface area (Å²) in [4.78, 5) is 0. The summed E-state index contributed by atoms with van der Waals surface area (Å²) < 4.78 is 5.83. The van der Waals surface area contributed by atoms with Crippen LogP contribution in [-0.4, -0.2) is 18.0 Å². The molecule has 1 aliphatic rings. The molecule has 1 fully saturated rings. The third kappa shape index (κ3) is 3.44. The van der Waals surface area contributed by atoms with E-state index in [1.54, 1.807) is 0 Å². The van der Waals surface area contributed by atoms with Crippen molar-refractivity contribution in [3.05, 3.63) is 0 Å². The molecule has 0 N–H and O–H groups in total. The topological polar surface area (TPSA) is 9.23 Å². The fourth-order valence-corrected chi connectivity index (χ4v) is 1.60. The van der Waals surface area contributed by atoms with E-state index in [0.29, 0.717) is 11.5 Å². The van der Waals surface area contributed by atoms with E-state index >= 15 is 0 Å². The molecular weight excluding hydrogens is 216 g/mol. The van der Waals surface area contributed by atoms with Gasteiger partial charge in [-0.2, -0.15) is 0 Å². The van der Waals surface area contributed by atoms with Crippen LogP contribution in [0.4, 0.5) is 0 Å². The molecule has 1 rings (SSSR count). The van der Waals surface area contributed by atoms with Crippen LogP contribution in [-0.2, 0) is 4.74 Å². The highest BCUT2D eigenvalue weighted by atomic mass is 79.9. The highest BCUT2D eigenvalue weighted by molar-refractivity contribution is 9.09. The Morgan fingerprint density at radius 3 is 2.42 bits per heavy atom. The van der Waals surface area contributed by atoms with E-state index in [0.717, 1.165) is 11.9 Å². The lowest BCUT2D eigenvalue weighted by molar-refractivity contribution is 0.0148. The van der Waals surface area contributed by atoms with Crippen LogP contribution in [0, 0.1) is 5.41 Å². The summed E-state index contributed by atoms with van der Waals surface area (Å²) in [7, 11) is 0. The maximum absolute atomic E-state index is 5.83. The summed E-state index contributed by atoms with van der Waals surface area (Å²) in [5.41, 5.74) is 0.294. The lowest BCUT2D eigenvalue weighted by atomic mass is 9.98. The van der Waals surface area contributed by atoms with Crippen LogP contribution in [0.25, 0.3) is 0 Å². The van der Waals surface area contributed by atoms with Gasteiger partial charge in [0.2, 0.25) is 0 Å². The molecule has 0 aromatic carbocycles. The van der Waals surface area contributed by atoms with Gasteiger partial charge in [0.1, 0.15) is 0 Å². The second-order valence-corrected chi connectivity index (χ2v) is 5.08. The van der Waals surface area contributed by atoms with Gasteiger partial charge < -0.3 is 4.74 Å². The smallest absolute Gasteiger partial charge is 0.0575 e. The van der Waals surface area contributed by atoms with E-state index in [4.69, 9.17) is 4.74 Å². The van der Waals surface area contributed by atoms with Crippen molar-refractivity contribution in [3.63, 3.8) is 0 Å². The Hall–Kier alpha value is 0.440. The summed E-state index contributed by atoms with van der Waals surface area (Å²) in [5.74, 6) is 0. The molecule has 0 amide bonds. The zero-order chi connectivity index (χ0) is 9.03. The zero-order valence-corrected chi connectivity index (χ0v) is 9.69. The van der Waals surface area contributed by atoms with Gasteiger partial charge in [-0.25, -0.2) is 0 Å².